The van der Waals surface area contributed by atoms with Crippen LogP contribution in [0.3, 0.4) is 0 Å². The molecular formula is C25H20ClNO3S2. The van der Waals surface area contributed by atoms with E-state index in [2.05, 4.69) is 0 Å². The van der Waals surface area contributed by atoms with E-state index < -0.39 is 0 Å². The lowest BCUT2D eigenvalue weighted by atomic mass is 10.2. The van der Waals surface area contributed by atoms with Crippen molar-refractivity contribution < 1.29 is 14.3 Å². The van der Waals surface area contributed by atoms with Crippen molar-refractivity contribution in [1.29, 1.82) is 0 Å². The van der Waals surface area contributed by atoms with Gasteiger partial charge in [-0.15, -0.1) is 0 Å². The molecule has 0 unspecified atom stereocenters. The molecule has 1 fully saturated rings. The van der Waals surface area contributed by atoms with E-state index in [1.54, 1.807) is 4.90 Å². The molecule has 0 bridgehead atoms. The van der Waals surface area contributed by atoms with Crippen molar-refractivity contribution >= 4 is 57.6 Å². The van der Waals surface area contributed by atoms with Crippen LogP contribution >= 0.6 is 35.6 Å². The van der Waals surface area contributed by atoms with Crippen LogP contribution in [0.5, 0.6) is 11.5 Å². The average Bonchev–Trinajstić information content (AvgIpc) is 3.08. The molecule has 3 aromatic carbocycles. The van der Waals surface area contributed by atoms with Crippen LogP contribution in [0.25, 0.3) is 6.08 Å². The maximum Gasteiger partial charge on any atom is 0.270 e. The van der Waals surface area contributed by atoms with Gasteiger partial charge in [0, 0.05) is 10.6 Å². The van der Waals surface area contributed by atoms with Crippen LogP contribution in [0.15, 0.2) is 77.7 Å². The predicted octanol–water partition coefficient (Wildman–Crippen LogP) is 6.51. The molecule has 1 amide bonds. The second-order valence-corrected chi connectivity index (χ2v) is 9.08. The molecule has 0 aromatic heterocycles. The van der Waals surface area contributed by atoms with E-state index in [0.29, 0.717) is 33.2 Å². The molecule has 0 N–H and O–H groups in total. The zero-order valence-electron chi connectivity index (χ0n) is 17.3. The van der Waals surface area contributed by atoms with Gasteiger partial charge in [-0.3, -0.25) is 9.69 Å². The first-order valence-corrected chi connectivity index (χ1v) is 11.6. The molecule has 1 saturated heterocycles. The van der Waals surface area contributed by atoms with Gasteiger partial charge < -0.3 is 9.47 Å². The molecule has 1 aliphatic heterocycles. The van der Waals surface area contributed by atoms with E-state index in [4.69, 9.17) is 33.3 Å². The Morgan fingerprint density at radius 2 is 1.72 bits per heavy atom. The van der Waals surface area contributed by atoms with Gasteiger partial charge >= 0.3 is 0 Å². The van der Waals surface area contributed by atoms with Crippen LogP contribution in [-0.2, 0) is 4.79 Å². The Morgan fingerprint density at radius 3 is 2.50 bits per heavy atom. The Kier molecular flexibility index (Phi) is 7.15. The lowest BCUT2D eigenvalue weighted by Crippen LogP contribution is -2.27. The van der Waals surface area contributed by atoms with Crippen molar-refractivity contribution in [3.8, 4) is 11.5 Å². The number of aryl methyl sites for hydroxylation is 1. The highest BCUT2D eigenvalue weighted by molar-refractivity contribution is 8.27. The van der Waals surface area contributed by atoms with Crippen LogP contribution in [0, 0.1) is 6.92 Å². The number of anilines is 1. The van der Waals surface area contributed by atoms with Crippen LogP contribution in [-0.4, -0.2) is 23.4 Å². The Bertz CT molecular complexity index is 1180. The third-order valence-corrected chi connectivity index (χ3v) is 6.48. The summed E-state index contributed by atoms with van der Waals surface area (Å²) < 4.78 is 12.2. The molecule has 1 aliphatic rings. The number of carbonyl (C=O) groups is 1. The van der Waals surface area contributed by atoms with E-state index in [1.807, 2.05) is 85.8 Å². The number of thiocarbonyl (C=S) groups is 1. The Hall–Kier alpha value is -2.80. The highest BCUT2D eigenvalue weighted by Crippen LogP contribution is 2.37. The number of nitrogens with zero attached hydrogens (tertiary/aromatic N) is 1. The van der Waals surface area contributed by atoms with Gasteiger partial charge in [0.15, 0.2) is 4.32 Å². The minimum absolute atomic E-state index is 0.137. The molecule has 0 atom stereocenters. The van der Waals surface area contributed by atoms with Crippen LogP contribution in [0.2, 0.25) is 5.02 Å². The molecule has 0 saturated carbocycles. The summed E-state index contributed by atoms with van der Waals surface area (Å²) in [6.07, 6.45) is 1.82. The number of para-hydroxylation sites is 2. The average molecular weight is 482 g/mol. The monoisotopic (exact) mass is 481 g/mol. The Labute approximate surface area is 201 Å². The Morgan fingerprint density at radius 1 is 1.00 bits per heavy atom. The van der Waals surface area contributed by atoms with E-state index in [1.165, 1.54) is 11.8 Å². The summed E-state index contributed by atoms with van der Waals surface area (Å²) in [5.41, 5.74) is 2.53. The van der Waals surface area contributed by atoms with E-state index >= 15 is 0 Å². The third kappa shape index (κ3) is 5.15. The fraction of sp³-hybridized carbons (Fsp3) is 0.120. The van der Waals surface area contributed by atoms with Gasteiger partial charge in [0.2, 0.25) is 0 Å². The number of thioether (sulfide) groups is 1. The first kappa shape index (κ1) is 22.4. The first-order valence-electron chi connectivity index (χ1n) is 9.97. The predicted molar refractivity (Wildman–Crippen MR) is 136 cm³/mol. The minimum Gasteiger partial charge on any atom is -0.490 e. The number of hydrogen-bond acceptors (Lipinski definition) is 5. The van der Waals surface area contributed by atoms with Crippen LogP contribution in [0.4, 0.5) is 5.69 Å². The van der Waals surface area contributed by atoms with Crippen molar-refractivity contribution in [3.63, 3.8) is 0 Å². The fourth-order valence-corrected chi connectivity index (χ4v) is 4.57. The smallest absolute Gasteiger partial charge is 0.270 e. The number of carbonyl (C=O) groups excluding carboxylic acids is 1. The summed E-state index contributed by atoms with van der Waals surface area (Å²) in [7, 11) is 0. The van der Waals surface area contributed by atoms with E-state index in [-0.39, 0.29) is 5.91 Å². The minimum atomic E-state index is -0.137. The van der Waals surface area contributed by atoms with Crippen molar-refractivity contribution in [1.82, 2.24) is 0 Å². The van der Waals surface area contributed by atoms with Crippen LogP contribution in [0.1, 0.15) is 11.1 Å². The molecule has 32 heavy (non-hydrogen) atoms. The molecule has 4 nitrogen and oxygen atoms in total. The van der Waals surface area contributed by atoms with Gasteiger partial charge in [0.1, 0.15) is 24.7 Å². The fourth-order valence-electron chi connectivity index (χ4n) is 3.16. The molecule has 7 heteroatoms. The zero-order chi connectivity index (χ0) is 22.5. The zero-order valence-corrected chi connectivity index (χ0v) is 19.7. The van der Waals surface area contributed by atoms with Gasteiger partial charge in [-0.1, -0.05) is 72.0 Å². The SMILES string of the molecule is Cc1cc(OCCOc2ccccc2/C=C2\SC(=S)N(c3ccccc3)C2=O)ccc1Cl. The number of hydrogen-bond donors (Lipinski definition) is 0. The lowest BCUT2D eigenvalue weighted by molar-refractivity contribution is -0.113. The van der Waals surface area contributed by atoms with Gasteiger partial charge in [-0.2, -0.15) is 0 Å². The molecule has 1 heterocycles. The molecule has 162 valence electrons. The highest BCUT2D eigenvalue weighted by atomic mass is 35.5. The summed E-state index contributed by atoms with van der Waals surface area (Å²) in [5.74, 6) is 1.28. The molecule has 0 aliphatic carbocycles. The van der Waals surface area contributed by atoms with Crippen molar-refractivity contribution in [3.05, 3.63) is 93.9 Å². The topological polar surface area (TPSA) is 38.8 Å². The number of ether oxygens (including phenoxy) is 2. The number of benzene rings is 3. The first-order chi connectivity index (χ1) is 15.5. The summed E-state index contributed by atoms with van der Waals surface area (Å²) in [4.78, 5) is 15.1. The quantitative estimate of drug-likeness (QED) is 0.218. The van der Waals surface area contributed by atoms with Gasteiger partial charge in [0.25, 0.3) is 5.91 Å². The van der Waals surface area contributed by atoms with Crippen LogP contribution < -0.4 is 14.4 Å². The van der Waals surface area contributed by atoms with Gasteiger partial charge in [-0.05, 0) is 55.0 Å². The number of rotatable bonds is 7. The normalized spacial score (nSPS) is 14.8. The Balaban J connectivity index is 1.43. The largest absolute Gasteiger partial charge is 0.490 e. The van der Waals surface area contributed by atoms with Gasteiger partial charge in [-0.25, -0.2) is 0 Å². The number of amides is 1. The van der Waals surface area contributed by atoms with E-state index in [0.717, 1.165) is 22.6 Å². The summed E-state index contributed by atoms with van der Waals surface area (Å²) in [6, 6.07) is 22.5. The molecular weight excluding hydrogens is 462 g/mol. The maximum absolute atomic E-state index is 13.0. The summed E-state index contributed by atoms with van der Waals surface area (Å²) in [5, 5.41) is 0.709. The van der Waals surface area contributed by atoms with E-state index in [9.17, 15) is 4.79 Å². The maximum atomic E-state index is 13.0. The van der Waals surface area contributed by atoms with Crippen molar-refractivity contribution in [2.24, 2.45) is 0 Å². The molecule has 4 rings (SSSR count). The third-order valence-electron chi connectivity index (χ3n) is 4.75. The van der Waals surface area contributed by atoms with Crippen molar-refractivity contribution in [2.45, 2.75) is 6.92 Å². The summed E-state index contributed by atoms with van der Waals surface area (Å²) in [6.45, 7) is 2.67. The lowest BCUT2D eigenvalue weighted by Gasteiger charge is -2.14. The summed E-state index contributed by atoms with van der Waals surface area (Å²) >= 11 is 12.8. The number of halogens is 1. The molecule has 3 aromatic rings. The molecule has 0 spiro atoms. The highest BCUT2D eigenvalue weighted by Gasteiger charge is 2.33. The van der Waals surface area contributed by atoms with Crippen molar-refractivity contribution in [2.75, 3.05) is 18.1 Å². The van der Waals surface area contributed by atoms with Gasteiger partial charge in [0.05, 0.1) is 10.6 Å². The standard InChI is InChI=1S/C25H20ClNO3S2/c1-17-15-20(11-12-21(17)26)29-13-14-30-22-10-6-5-7-18(22)16-23-24(28)27(25(31)32-23)19-8-3-2-4-9-19/h2-12,15-16H,13-14H2,1H3/b23-16-. The second kappa shape index (κ2) is 10.2. The second-order valence-electron chi connectivity index (χ2n) is 7.00. The molecule has 0 radical (unpaired) electrons.